The Kier molecular flexibility index (Phi) is 4.68. The molecule has 26 heavy (non-hydrogen) atoms. The molecular weight excluding hydrogens is 322 g/mol. The van der Waals surface area contributed by atoms with Crippen LogP contribution in [-0.2, 0) is 16.1 Å². The van der Waals surface area contributed by atoms with Crippen molar-refractivity contribution in [2.45, 2.75) is 52.2 Å². The summed E-state index contributed by atoms with van der Waals surface area (Å²) in [5, 5.41) is 0. The third-order valence-electron chi connectivity index (χ3n) is 6.89. The fourth-order valence-electron chi connectivity index (χ4n) is 5.55. The van der Waals surface area contributed by atoms with Crippen LogP contribution in [-0.4, -0.2) is 30.6 Å². The Morgan fingerprint density at radius 1 is 1.27 bits per heavy atom. The highest BCUT2D eigenvalue weighted by Crippen LogP contribution is 2.53. The molecule has 1 aromatic carbocycles. The second kappa shape index (κ2) is 6.84. The molecule has 1 saturated heterocycles. The van der Waals surface area contributed by atoms with E-state index in [0.717, 1.165) is 19.5 Å². The van der Waals surface area contributed by atoms with Gasteiger partial charge in [0.15, 0.2) is 0 Å². The Hall–Kier alpha value is -1.61. The summed E-state index contributed by atoms with van der Waals surface area (Å²) in [4.78, 5) is 14.9. The van der Waals surface area contributed by atoms with E-state index >= 15 is 0 Å². The first-order chi connectivity index (χ1) is 12.5. The van der Waals surface area contributed by atoms with Gasteiger partial charge in [0.1, 0.15) is 6.10 Å². The lowest BCUT2D eigenvalue weighted by atomic mass is 9.59. The van der Waals surface area contributed by atoms with Crippen LogP contribution in [0.2, 0.25) is 0 Å². The van der Waals surface area contributed by atoms with Crippen LogP contribution >= 0.6 is 0 Å². The molecule has 0 N–H and O–H groups in total. The van der Waals surface area contributed by atoms with Gasteiger partial charge in [0.25, 0.3) is 0 Å². The zero-order valence-electron chi connectivity index (χ0n) is 16.3. The smallest absolute Gasteiger partial charge is 0.311 e. The van der Waals surface area contributed by atoms with Gasteiger partial charge in [-0.2, -0.15) is 0 Å². The molecule has 0 radical (unpaired) electrons. The molecule has 140 valence electrons. The van der Waals surface area contributed by atoms with Crippen molar-refractivity contribution in [2.24, 2.45) is 23.2 Å². The van der Waals surface area contributed by atoms with Gasteiger partial charge in [0.2, 0.25) is 0 Å². The van der Waals surface area contributed by atoms with Crippen LogP contribution in [0.3, 0.4) is 0 Å². The lowest BCUT2D eigenvalue weighted by Gasteiger charge is -2.46. The zero-order valence-corrected chi connectivity index (χ0v) is 16.3. The lowest BCUT2D eigenvalue weighted by Crippen LogP contribution is -2.40. The minimum atomic E-state index is -0.0279. The number of ether oxygens (including phenoxy) is 1. The van der Waals surface area contributed by atoms with Gasteiger partial charge in [-0.15, -0.1) is 0 Å². The Morgan fingerprint density at radius 2 is 2.04 bits per heavy atom. The topological polar surface area (TPSA) is 29.5 Å². The molecule has 1 saturated carbocycles. The predicted molar refractivity (Wildman–Crippen MR) is 103 cm³/mol. The number of carbonyl (C=O) groups is 1. The van der Waals surface area contributed by atoms with Gasteiger partial charge >= 0.3 is 5.97 Å². The molecular formula is C23H31NO2. The summed E-state index contributed by atoms with van der Waals surface area (Å²) >= 11 is 0. The molecule has 3 aliphatic rings. The van der Waals surface area contributed by atoms with Gasteiger partial charge in [-0.25, -0.2) is 0 Å². The summed E-state index contributed by atoms with van der Waals surface area (Å²) in [5.41, 5.74) is 3.12. The van der Waals surface area contributed by atoms with E-state index < -0.39 is 0 Å². The number of hydrogen-bond donors (Lipinski definition) is 0. The van der Waals surface area contributed by atoms with Crippen molar-refractivity contribution in [3.05, 3.63) is 47.5 Å². The van der Waals surface area contributed by atoms with Crippen LogP contribution < -0.4 is 0 Å². The van der Waals surface area contributed by atoms with E-state index in [-0.39, 0.29) is 29.3 Å². The molecule has 0 amide bonds. The van der Waals surface area contributed by atoms with Crippen molar-refractivity contribution in [3.8, 4) is 0 Å². The Bertz CT molecular complexity index is 697. The second-order valence-electron chi connectivity index (χ2n) is 9.02. The first-order valence-electron chi connectivity index (χ1n) is 10.1. The van der Waals surface area contributed by atoms with E-state index in [4.69, 9.17) is 4.74 Å². The van der Waals surface area contributed by atoms with Crippen LogP contribution in [0.1, 0.15) is 45.1 Å². The predicted octanol–water partition coefficient (Wildman–Crippen LogP) is 4.43. The van der Waals surface area contributed by atoms with E-state index in [1.165, 1.54) is 24.8 Å². The van der Waals surface area contributed by atoms with Gasteiger partial charge in [-0.05, 0) is 43.2 Å². The summed E-state index contributed by atoms with van der Waals surface area (Å²) in [6, 6.07) is 10.5. The van der Waals surface area contributed by atoms with Crippen LogP contribution in [0.5, 0.6) is 0 Å². The number of allylic oxidation sites excluding steroid dienone is 1. The molecule has 2 fully saturated rings. The Balaban J connectivity index is 1.51. The minimum Gasteiger partial charge on any atom is -0.461 e. The summed E-state index contributed by atoms with van der Waals surface area (Å²) in [5.74, 6) is 0.879. The summed E-state index contributed by atoms with van der Waals surface area (Å²) < 4.78 is 5.87. The first kappa shape index (κ1) is 17.8. The highest BCUT2D eigenvalue weighted by molar-refractivity contribution is 5.76. The Morgan fingerprint density at radius 3 is 2.81 bits per heavy atom. The van der Waals surface area contributed by atoms with E-state index in [9.17, 15) is 4.79 Å². The number of carbonyl (C=O) groups excluding carboxylic acids is 1. The van der Waals surface area contributed by atoms with E-state index in [2.05, 4.69) is 56.1 Å². The first-order valence-corrected chi connectivity index (χ1v) is 10.1. The third-order valence-corrected chi connectivity index (χ3v) is 6.89. The maximum absolute atomic E-state index is 12.6. The fraction of sp³-hybridized carbons (Fsp3) is 0.609. The van der Waals surface area contributed by atoms with E-state index in [0.29, 0.717) is 5.92 Å². The third kappa shape index (κ3) is 3.22. The van der Waals surface area contributed by atoms with Gasteiger partial charge in [-0.1, -0.05) is 62.2 Å². The SMILES string of the molecule is C[C@@H]1CCC[C@]2(C)C[C@H]3OC(=O)[C@@H](CN(C)Cc4ccccc4)[C@H]3C=C12. The van der Waals surface area contributed by atoms with Crippen LogP contribution in [0.25, 0.3) is 0 Å². The molecule has 4 rings (SSSR count). The van der Waals surface area contributed by atoms with E-state index in [1.54, 1.807) is 5.57 Å². The highest BCUT2D eigenvalue weighted by atomic mass is 16.6. The van der Waals surface area contributed by atoms with Gasteiger partial charge in [0.05, 0.1) is 5.92 Å². The van der Waals surface area contributed by atoms with Crippen LogP contribution in [0.15, 0.2) is 42.0 Å². The second-order valence-corrected chi connectivity index (χ2v) is 9.02. The molecule has 1 aliphatic heterocycles. The average Bonchev–Trinajstić information content (AvgIpc) is 2.88. The number of benzene rings is 1. The monoisotopic (exact) mass is 353 g/mol. The number of nitrogens with zero attached hydrogens (tertiary/aromatic N) is 1. The molecule has 1 aromatic rings. The summed E-state index contributed by atoms with van der Waals surface area (Å²) in [7, 11) is 2.11. The molecule has 0 spiro atoms. The van der Waals surface area contributed by atoms with Crippen LogP contribution in [0.4, 0.5) is 0 Å². The lowest BCUT2D eigenvalue weighted by molar-refractivity contribution is -0.145. The number of esters is 1. The number of rotatable bonds is 4. The quantitative estimate of drug-likeness (QED) is 0.592. The standard InChI is InChI=1S/C23H31NO2/c1-16-8-7-11-23(2)13-21-18(12-20(16)23)19(22(25)26-21)15-24(3)14-17-9-5-4-6-10-17/h4-6,9-10,12,16,18-19,21H,7-8,11,13-15H2,1-3H3/t16-,18-,19+,21-,23-/m1/s1. The van der Waals surface area contributed by atoms with Gasteiger partial charge < -0.3 is 9.64 Å². The highest BCUT2D eigenvalue weighted by Gasteiger charge is 2.51. The number of fused-ring (bicyclic) bond motifs is 2. The van der Waals surface area contributed by atoms with Crippen molar-refractivity contribution in [2.75, 3.05) is 13.6 Å². The van der Waals surface area contributed by atoms with Crippen molar-refractivity contribution in [1.29, 1.82) is 0 Å². The summed E-state index contributed by atoms with van der Waals surface area (Å²) in [6.45, 7) is 6.38. The van der Waals surface area contributed by atoms with Crippen molar-refractivity contribution in [3.63, 3.8) is 0 Å². The molecule has 5 atom stereocenters. The van der Waals surface area contributed by atoms with E-state index in [1.807, 2.05) is 6.07 Å². The largest absolute Gasteiger partial charge is 0.461 e. The maximum Gasteiger partial charge on any atom is 0.311 e. The fourth-order valence-corrected chi connectivity index (χ4v) is 5.55. The van der Waals surface area contributed by atoms with Gasteiger partial charge in [-0.3, -0.25) is 4.79 Å². The molecule has 3 heteroatoms. The zero-order chi connectivity index (χ0) is 18.3. The molecule has 0 bridgehead atoms. The Labute approximate surface area is 157 Å². The maximum atomic E-state index is 12.6. The molecule has 0 aromatic heterocycles. The average molecular weight is 354 g/mol. The molecule has 0 unspecified atom stereocenters. The molecule has 1 heterocycles. The summed E-state index contributed by atoms with van der Waals surface area (Å²) in [6.07, 6.45) is 7.36. The minimum absolute atomic E-state index is 0.00617. The van der Waals surface area contributed by atoms with Crippen LogP contribution in [0, 0.1) is 23.2 Å². The van der Waals surface area contributed by atoms with Crippen molar-refractivity contribution < 1.29 is 9.53 Å². The molecule has 3 nitrogen and oxygen atoms in total. The van der Waals surface area contributed by atoms with Gasteiger partial charge in [0, 0.05) is 19.0 Å². The normalized spacial score (nSPS) is 36.3. The number of hydrogen-bond acceptors (Lipinski definition) is 3. The van der Waals surface area contributed by atoms with Crippen molar-refractivity contribution in [1.82, 2.24) is 4.90 Å². The van der Waals surface area contributed by atoms with Crippen molar-refractivity contribution >= 4 is 5.97 Å². The molecule has 2 aliphatic carbocycles.